The number of hydrogen-bond acceptors (Lipinski definition) is 2. The van der Waals surface area contributed by atoms with Crippen molar-refractivity contribution < 1.29 is 4.79 Å². The standard InChI is InChI=1S/C13H22N2O/c1-10(13(2,3)4)8-11(16)9-12-14-6-7-15(12)5/h6-7,10H,8-9H2,1-5H3. The van der Waals surface area contributed by atoms with E-state index in [1.54, 1.807) is 6.20 Å². The summed E-state index contributed by atoms with van der Waals surface area (Å²) in [4.78, 5) is 16.0. The predicted molar refractivity (Wildman–Crippen MR) is 65.2 cm³/mol. The number of hydrogen-bond donors (Lipinski definition) is 0. The molecule has 0 saturated carbocycles. The molecule has 1 heterocycles. The summed E-state index contributed by atoms with van der Waals surface area (Å²) in [5.74, 6) is 1.53. The van der Waals surface area contributed by atoms with E-state index in [1.807, 2.05) is 17.8 Å². The lowest BCUT2D eigenvalue weighted by molar-refractivity contribution is -0.120. The van der Waals surface area contributed by atoms with Gasteiger partial charge in [0.2, 0.25) is 0 Å². The Morgan fingerprint density at radius 2 is 2.12 bits per heavy atom. The van der Waals surface area contributed by atoms with Gasteiger partial charge in [-0.15, -0.1) is 0 Å². The Hall–Kier alpha value is -1.12. The molecule has 90 valence electrons. The van der Waals surface area contributed by atoms with Crippen molar-refractivity contribution in [3.05, 3.63) is 18.2 Å². The summed E-state index contributed by atoms with van der Waals surface area (Å²) in [6.07, 6.45) is 4.69. The number of aryl methyl sites for hydroxylation is 1. The molecule has 0 aliphatic rings. The second-order valence-corrected chi connectivity index (χ2v) is 5.64. The van der Waals surface area contributed by atoms with Crippen molar-refractivity contribution in [3.63, 3.8) is 0 Å². The molecule has 3 nitrogen and oxygen atoms in total. The van der Waals surface area contributed by atoms with Crippen LogP contribution in [0.4, 0.5) is 0 Å². The second kappa shape index (κ2) is 4.81. The molecule has 0 fully saturated rings. The summed E-state index contributed by atoms with van der Waals surface area (Å²) >= 11 is 0. The molecular weight excluding hydrogens is 200 g/mol. The molecule has 1 rings (SSSR count). The quantitative estimate of drug-likeness (QED) is 0.785. The second-order valence-electron chi connectivity index (χ2n) is 5.64. The summed E-state index contributed by atoms with van der Waals surface area (Å²) < 4.78 is 1.90. The van der Waals surface area contributed by atoms with Gasteiger partial charge in [0, 0.05) is 25.9 Å². The van der Waals surface area contributed by atoms with Crippen LogP contribution in [0.2, 0.25) is 0 Å². The minimum Gasteiger partial charge on any atom is -0.338 e. The van der Waals surface area contributed by atoms with E-state index in [0.717, 1.165) is 5.82 Å². The van der Waals surface area contributed by atoms with Crippen molar-refractivity contribution in [2.75, 3.05) is 0 Å². The predicted octanol–water partition coefficient (Wildman–Crippen LogP) is 2.60. The van der Waals surface area contributed by atoms with Crippen molar-refractivity contribution in [1.82, 2.24) is 9.55 Å². The van der Waals surface area contributed by atoms with Gasteiger partial charge in [-0.25, -0.2) is 4.98 Å². The van der Waals surface area contributed by atoms with E-state index >= 15 is 0 Å². The summed E-state index contributed by atoms with van der Waals surface area (Å²) in [5.41, 5.74) is 0.192. The Labute approximate surface area is 97.9 Å². The number of aromatic nitrogens is 2. The summed E-state index contributed by atoms with van der Waals surface area (Å²) in [5, 5.41) is 0. The van der Waals surface area contributed by atoms with E-state index in [2.05, 4.69) is 32.7 Å². The SMILES string of the molecule is CC(CC(=O)Cc1nccn1C)C(C)(C)C. The number of ketones is 1. The zero-order chi connectivity index (χ0) is 12.3. The molecular formula is C13H22N2O. The first kappa shape index (κ1) is 12.9. The molecule has 0 aliphatic heterocycles. The average Bonchev–Trinajstić information content (AvgIpc) is 2.50. The van der Waals surface area contributed by atoms with Gasteiger partial charge in [0.25, 0.3) is 0 Å². The van der Waals surface area contributed by atoms with Gasteiger partial charge in [0.1, 0.15) is 11.6 Å². The molecule has 0 radical (unpaired) electrons. The Morgan fingerprint density at radius 1 is 1.50 bits per heavy atom. The third-order valence-corrected chi connectivity index (χ3v) is 3.29. The van der Waals surface area contributed by atoms with Crippen LogP contribution in [0.5, 0.6) is 0 Å². The van der Waals surface area contributed by atoms with E-state index in [0.29, 0.717) is 18.8 Å². The van der Waals surface area contributed by atoms with Crippen molar-refractivity contribution >= 4 is 5.78 Å². The van der Waals surface area contributed by atoms with Crippen LogP contribution >= 0.6 is 0 Å². The lowest BCUT2D eigenvalue weighted by Crippen LogP contribution is -2.21. The maximum Gasteiger partial charge on any atom is 0.140 e. The molecule has 1 aromatic heterocycles. The van der Waals surface area contributed by atoms with Gasteiger partial charge in [0.15, 0.2) is 0 Å². The molecule has 0 bridgehead atoms. The minimum absolute atomic E-state index is 0.192. The lowest BCUT2D eigenvalue weighted by Gasteiger charge is -2.26. The van der Waals surface area contributed by atoms with Crippen LogP contribution in [-0.2, 0) is 18.3 Å². The fraction of sp³-hybridized carbons (Fsp3) is 0.692. The van der Waals surface area contributed by atoms with E-state index in [1.165, 1.54) is 0 Å². The first-order valence-electron chi connectivity index (χ1n) is 5.78. The van der Waals surface area contributed by atoms with Gasteiger partial charge in [0.05, 0.1) is 6.42 Å². The fourth-order valence-corrected chi connectivity index (χ4v) is 1.46. The van der Waals surface area contributed by atoms with Crippen LogP contribution in [0.15, 0.2) is 12.4 Å². The van der Waals surface area contributed by atoms with Gasteiger partial charge in [-0.1, -0.05) is 27.7 Å². The third-order valence-electron chi connectivity index (χ3n) is 3.29. The van der Waals surface area contributed by atoms with Crippen molar-refractivity contribution in [2.45, 2.75) is 40.5 Å². The normalized spacial score (nSPS) is 13.8. The van der Waals surface area contributed by atoms with E-state index < -0.39 is 0 Å². The monoisotopic (exact) mass is 222 g/mol. The number of carbonyl (C=O) groups is 1. The fourth-order valence-electron chi connectivity index (χ4n) is 1.46. The highest BCUT2D eigenvalue weighted by atomic mass is 16.1. The third kappa shape index (κ3) is 3.47. The average molecular weight is 222 g/mol. The Morgan fingerprint density at radius 3 is 2.56 bits per heavy atom. The smallest absolute Gasteiger partial charge is 0.140 e. The molecule has 0 aromatic carbocycles. The van der Waals surface area contributed by atoms with E-state index in [4.69, 9.17) is 0 Å². The number of rotatable bonds is 4. The minimum atomic E-state index is 0.192. The van der Waals surface area contributed by atoms with Crippen molar-refractivity contribution in [1.29, 1.82) is 0 Å². The lowest BCUT2D eigenvalue weighted by atomic mass is 9.79. The summed E-state index contributed by atoms with van der Waals surface area (Å²) in [6, 6.07) is 0. The van der Waals surface area contributed by atoms with Gasteiger partial charge in [-0.2, -0.15) is 0 Å². The van der Waals surface area contributed by atoms with Crippen molar-refractivity contribution in [2.24, 2.45) is 18.4 Å². The molecule has 0 saturated heterocycles. The van der Waals surface area contributed by atoms with Crippen LogP contribution in [0.1, 0.15) is 39.9 Å². The summed E-state index contributed by atoms with van der Waals surface area (Å²) in [7, 11) is 1.92. The van der Waals surface area contributed by atoms with Crippen LogP contribution < -0.4 is 0 Å². The zero-order valence-corrected chi connectivity index (χ0v) is 10.9. The first-order chi connectivity index (χ1) is 7.30. The Kier molecular flexibility index (Phi) is 3.89. The maximum atomic E-state index is 11.9. The van der Waals surface area contributed by atoms with Crippen molar-refractivity contribution in [3.8, 4) is 0 Å². The highest BCUT2D eigenvalue weighted by Crippen LogP contribution is 2.28. The van der Waals surface area contributed by atoms with Crippen LogP contribution in [0.3, 0.4) is 0 Å². The molecule has 0 amide bonds. The topological polar surface area (TPSA) is 34.9 Å². The number of nitrogens with zero attached hydrogens (tertiary/aromatic N) is 2. The zero-order valence-electron chi connectivity index (χ0n) is 10.9. The van der Waals surface area contributed by atoms with Gasteiger partial charge in [-0.05, 0) is 11.3 Å². The molecule has 0 N–H and O–H groups in total. The molecule has 1 atom stereocenters. The Bertz CT molecular complexity index is 360. The largest absolute Gasteiger partial charge is 0.338 e. The Balaban J connectivity index is 2.52. The maximum absolute atomic E-state index is 11.9. The van der Waals surface area contributed by atoms with Gasteiger partial charge >= 0.3 is 0 Å². The molecule has 0 aliphatic carbocycles. The molecule has 16 heavy (non-hydrogen) atoms. The number of Topliss-reactive ketones (excluding diaryl/α,β-unsaturated/α-hetero) is 1. The van der Waals surface area contributed by atoms with Crippen LogP contribution in [-0.4, -0.2) is 15.3 Å². The van der Waals surface area contributed by atoms with Gasteiger partial charge < -0.3 is 4.57 Å². The van der Waals surface area contributed by atoms with Crippen LogP contribution in [0, 0.1) is 11.3 Å². The molecule has 1 aromatic rings. The van der Waals surface area contributed by atoms with E-state index in [-0.39, 0.29) is 11.2 Å². The first-order valence-corrected chi connectivity index (χ1v) is 5.78. The highest BCUT2D eigenvalue weighted by molar-refractivity contribution is 5.80. The highest BCUT2D eigenvalue weighted by Gasteiger charge is 2.22. The molecule has 3 heteroatoms. The van der Waals surface area contributed by atoms with Gasteiger partial charge in [-0.3, -0.25) is 4.79 Å². The summed E-state index contributed by atoms with van der Waals surface area (Å²) in [6.45, 7) is 8.65. The molecule has 1 unspecified atom stereocenters. The van der Waals surface area contributed by atoms with Crippen LogP contribution in [0.25, 0.3) is 0 Å². The van der Waals surface area contributed by atoms with E-state index in [9.17, 15) is 4.79 Å². The number of imidazole rings is 1. The molecule has 0 spiro atoms. The number of carbonyl (C=O) groups excluding carboxylic acids is 1.